The zero-order valence-electron chi connectivity index (χ0n) is 20.2. The van der Waals surface area contributed by atoms with E-state index in [-0.39, 0.29) is 16.0 Å². The van der Waals surface area contributed by atoms with Crippen molar-refractivity contribution in [2.75, 3.05) is 10.0 Å². The second kappa shape index (κ2) is 10.2. The average molecular weight is 521 g/mol. The molecule has 3 aromatic rings. The molecular formula is C26H27F3N2O4S. The minimum absolute atomic E-state index is 0.0101. The van der Waals surface area contributed by atoms with Crippen LogP contribution in [-0.2, 0) is 26.4 Å². The standard InChI is InChI=1S/C26H27F3N2O4S/c1-17(35-22-12-8-18(9-13-22)25(2,3)4)24(32)30-20-10-14-23(15-11-20)36(33,34)31-21-7-5-6-19(16-21)26(27,28)29/h5-17,31H,1-4H3,(H,30,32)/t17-/m1/s1. The molecule has 192 valence electrons. The van der Waals surface area contributed by atoms with Crippen molar-refractivity contribution < 1.29 is 31.1 Å². The van der Waals surface area contributed by atoms with Gasteiger partial charge in [-0.05, 0) is 72.5 Å². The summed E-state index contributed by atoms with van der Waals surface area (Å²) in [6.45, 7) is 7.87. The lowest BCUT2D eigenvalue weighted by atomic mass is 9.87. The molecular weight excluding hydrogens is 493 g/mol. The number of alkyl halides is 3. The van der Waals surface area contributed by atoms with E-state index in [1.54, 1.807) is 19.1 Å². The van der Waals surface area contributed by atoms with Crippen molar-refractivity contribution in [3.8, 4) is 5.75 Å². The van der Waals surface area contributed by atoms with Crippen LogP contribution in [0.3, 0.4) is 0 Å². The van der Waals surface area contributed by atoms with Gasteiger partial charge in [0.2, 0.25) is 0 Å². The lowest BCUT2D eigenvalue weighted by molar-refractivity contribution is -0.137. The molecule has 0 saturated heterocycles. The molecule has 0 fully saturated rings. The molecule has 0 radical (unpaired) electrons. The second-order valence-electron chi connectivity index (χ2n) is 9.23. The molecule has 0 spiro atoms. The Balaban J connectivity index is 1.63. The van der Waals surface area contributed by atoms with Gasteiger partial charge in [0.15, 0.2) is 6.10 Å². The van der Waals surface area contributed by atoms with Crippen molar-refractivity contribution in [2.45, 2.75) is 50.3 Å². The number of halogens is 3. The van der Waals surface area contributed by atoms with E-state index in [0.29, 0.717) is 17.5 Å². The highest BCUT2D eigenvalue weighted by Gasteiger charge is 2.30. The van der Waals surface area contributed by atoms with Gasteiger partial charge < -0.3 is 10.1 Å². The highest BCUT2D eigenvalue weighted by atomic mass is 32.2. The first-order chi connectivity index (χ1) is 16.6. The van der Waals surface area contributed by atoms with Gasteiger partial charge in [-0.25, -0.2) is 8.42 Å². The summed E-state index contributed by atoms with van der Waals surface area (Å²) in [5, 5.41) is 2.65. The third-order valence-electron chi connectivity index (χ3n) is 5.28. The van der Waals surface area contributed by atoms with Gasteiger partial charge >= 0.3 is 6.18 Å². The molecule has 6 nitrogen and oxygen atoms in total. The van der Waals surface area contributed by atoms with Crippen molar-refractivity contribution in [2.24, 2.45) is 0 Å². The third kappa shape index (κ3) is 7.00. The maximum Gasteiger partial charge on any atom is 0.416 e. The minimum Gasteiger partial charge on any atom is -0.481 e. The maximum atomic E-state index is 12.9. The van der Waals surface area contributed by atoms with Crippen LogP contribution in [0.25, 0.3) is 0 Å². The number of benzene rings is 3. The number of rotatable bonds is 7. The molecule has 10 heteroatoms. The van der Waals surface area contributed by atoms with E-state index < -0.39 is 33.8 Å². The van der Waals surface area contributed by atoms with Gasteiger partial charge in [0.25, 0.3) is 15.9 Å². The van der Waals surface area contributed by atoms with Gasteiger partial charge in [0.1, 0.15) is 5.75 Å². The number of amides is 1. The van der Waals surface area contributed by atoms with Gasteiger partial charge in [-0.1, -0.05) is 39.0 Å². The topological polar surface area (TPSA) is 84.5 Å². The Morgan fingerprint density at radius 1 is 0.861 bits per heavy atom. The van der Waals surface area contributed by atoms with Crippen LogP contribution in [0, 0.1) is 0 Å². The highest BCUT2D eigenvalue weighted by Crippen LogP contribution is 2.31. The van der Waals surface area contributed by atoms with Crippen LogP contribution in [0.2, 0.25) is 0 Å². The average Bonchev–Trinajstić information content (AvgIpc) is 2.78. The molecule has 3 aromatic carbocycles. The molecule has 0 aliphatic carbocycles. The van der Waals surface area contributed by atoms with E-state index >= 15 is 0 Å². The van der Waals surface area contributed by atoms with Gasteiger partial charge in [0, 0.05) is 11.4 Å². The minimum atomic E-state index is -4.60. The molecule has 0 heterocycles. The first kappa shape index (κ1) is 27.1. The SMILES string of the molecule is C[C@@H](Oc1ccc(C(C)(C)C)cc1)C(=O)Nc1ccc(S(=O)(=O)Nc2cccc(C(F)(F)F)c2)cc1. The number of sulfonamides is 1. The van der Waals surface area contributed by atoms with Gasteiger partial charge in [-0.2, -0.15) is 13.2 Å². The molecule has 0 aliphatic rings. The number of ether oxygens (including phenoxy) is 1. The third-order valence-corrected chi connectivity index (χ3v) is 6.67. The lowest BCUT2D eigenvalue weighted by Gasteiger charge is -2.20. The first-order valence-corrected chi connectivity index (χ1v) is 12.5. The van der Waals surface area contributed by atoms with Crippen molar-refractivity contribution in [3.05, 3.63) is 83.9 Å². The summed E-state index contributed by atoms with van der Waals surface area (Å²) in [6.07, 6.45) is -5.42. The lowest BCUT2D eigenvalue weighted by Crippen LogP contribution is -2.30. The normalized spacial score (nSPS) is 13.1. The fourth-order valence-corrected chi connectivity index (χ4v) is 4.28. The molecule has 1 atom stereocenters. The van der Waals surface area contributed by atoms with Crippen LogP contribution in [0.1, 0.15) is 38.8 Å². The molecule has 2 N–H and O–H groups in total. The molecule has 36 heavy (non-hydrogen) atoms. The van der Waals surface area contributed by atoms with E-state index in [1.807, 2.05) is 12.1 Å². The summed E-state index contributed by atoms with van der Waals surface area (Å²) in [7, 11) is -4.15. The van der Waals surface area contributed by atoms with Gasteiger partial charge in [-0.3, -0.25) is 9.52 Å². The monoisotopic (exact) mass is 520 g/mol. The predicted molar refractivity (Wildman–Crippen MR) is 133 cm³/mol. The zero-order chi connectivity index (χ0) is 26.7. The molecule has 3 rings (SSSR count). The van der Waals surface area contributed by atoms with E-state index in [2.05, 4.69) is 30.8 Å². The maximum absolute atomic E-state index is 12.9. The van der Waals surface area contributed by atoms with E-state index in [1.165, 1.54) is 30.3 Å². The Labute approximate surface area is 208 Å². The van der Waals surface area contributed by atoms with Crippen molar-refractivity contribution >= 4 is 27.3 Å². The Bertz CT molecular complexity index is 1320. The number of hydrogen-bond acceptors (Lipinski definition) is 4. The van der Waals surface area contributed by atoms with Crippen molar-refractivity contribution in [1.82, 2.24) is 0 Å². The molecule has 0 aliphatic heterocycles. The molecule has 1 amide bonds. The van der Waals surface area contributed by atoms with Crippen LogP contribution >= 0.6 is 0 Å². The van der Waals surface area contributed by atoms with E-state index in [9.17, 15) is 26.4 Å². The number of hydrogen-bond donors (Lipinski definition) is 2. The van der Waals surface area contributed by atoms with E-state index in [0.717, 1.165) is 17.7 Å². The summed E-state index contributed by atoms with van der Waals surface area (Å²) < 4.78 is 71.7. The summed E-state index contributed by atoms with van der Waals surface area (Å²) in [6, 6.07) is 16.6. The Hall–Kier alpha value is -3.53. The number of carbonyl (C=O) groups is 1. The van der Waals surface area contributed by atoms with Crippen LogP contribution in [0.4, 0.5) is 24.5 Å². The van der Waals surface area contributed by atoms with E-state index in [4.69, 9.17) is 4.74 Å². The number of carbonyl (C=O) groups excluding carboxylic acids is 1. The Morgan fingerprint density at radius 3 is 2.03 bits per heavy atom. The smallest absolute Gasteiger partial charge is 0.416 e. The van der Waals surface area contributed by atoms with Crippen molar-refractivity contribution in [3.63, 3.8) is 0 Å². The van der Waals surface area contributed by atoms with Gasteiger partial charge in [-0.15, -0.1) is 0 Å². The predicted octanol–water partition coefficient (Wildman–Crippen LogP) is 6.21. The first-order valence-electron chi connectivity index (χ1n) is 11.0. The summed E-state index contributed by atoms with van der Waals surface area (Å²) in [5.41, 5.74) is 0.260. The number of nitrogens with one attached hydrogen (secondary N) is 2. The van der Waals surface area contributed by atoms with Gasteiger partial charge in [0.05, 0.1) is 10.5 Å². The highest BCUT2D eigenvalue weighted by molar-refractivity contribution is 7.92. The summed E-state index contributed by atoms with van der Waals surface area (Å²) >= 11 is 0. The quantitative estimate of drug-likeness (QED) is 0.388. The molecule has 0 unspecified atom stereocenters. The molecule has 0 aromatic heterocycles. The summed E-state index contributed by atoms with van der Waals surface area (Å²) in [4.78, 5) is 12.3. The number of anilines is 2. The molecule has 0 saturated carbocycles. The fraction of sp³-hybridized carbons (Fsp3) is 0.269. The second-order valence-corrected chi connectivity index (χ2v) is 10.9. The van der Waals surface area contributed by atoms with Crippen LogP contribution in [0.5, 0.6) is 5.75 Å². The fourth-order valence-electron chi connectivity index (χ4n) is 3.23. The Kier molecular flexibility index (Phi) is 7.68. The van der Waals surface area contributed by atoms with Crippen LogP contribution < -0.4 is 14.8 Å². The summed E-state index contributed by atoms with van der Waals surface area (Å²) in [5.74, 6) is 0.0975. The van der Waals surface area contributed by atoms with Crippen LogP contribution in [0.15, 0.2) is 77.7 Å². The largest absolute Gasteiger partial charge is 0.481 e. The van der Waals surface area contributed by atoms with Crippen LogP contribution in [-0.4, -0.2) is 20.4 Å². The molecule has 0 bridgehead atoms. The Morgan fingerprint density at radius 2 is 1.47 bits per heavy atom. The zero-order valence-corrected chi connectivity index (χ0v) is 21.0. The van der Waals surface area contributed by atoms with Crippen molar-refractivity contribution in [1.29, 1.82) is 0 Å².